The van der Waals surface area contributed by atoms with Crippen LogP contribution < -0.4 is 0 Å². The highest BCUT2D eigenvalue weighted by Crippen LogP contribution is 2.16. The minimum atomic E-state index is 0.184. The molecule has 200 valence electrons. The topological polar surface area (TPSA) is 80.9 Å². The molecule has 0 rings (SSSR count). The van der Waals surface area contributed by atoms with Crippen LogP contribution in [0.2, 0.25) is 0 Å². The van der Waals surface area contributed by atoms with Crippen molar-refractivity contribution >= 4 is 0 Å². The Morgan fingerprint density at radius 2 is 0.515 bits per heavy atom. The van der Waals surface area contributed by atoms with Crippen LogP contribution in [0.1, 0.15) is 128 Å². The lowest BCUT2D eigenvalue weighted by Gasteiger charge is -2.38. The third-order valence-corrected chi connectivity index (χ3v) is 7.20. The Kier molecular flexibility index (Phi) is 26.2. The Morgan fingerprint density at radius 3 is 0.818 bits per heavy atom. The van der Waals surface area contributed by atoms with E-state index in [1.807, 2.05) is 0 Å². The van der Waals surface area contributed by atoms with Crippen molar-refractivity contribution < 1.29 is 24.9 Å². The summed E-state index contributed by atoms with van der Waals surface area (Å²) in [5.41, 5.74) is 0. The van der Waals surface area contributed by atoms with Crippen LogP contribution in [0.3, 0.4) is 0 Å². The molecule has 0 bridgehead atoms. The van der Waals surface area contributed by atoms with Crippen molar-refractivity contribution in [2.24, 2.45) is 0 Å². The zero-order chi connectivity index (χ0) is 24.3. The molecule has 5 nitrogen and oxygen atoms in total. The van der Waals surface area contributed by atoms with Crippen LogP contribution in [-0.2, 0) is 0 Å². The molecular weight excluding hydrogens is 414 g/mol. The molecule has 0 unspecified atom stereocenters. The van der Waals surface area contributed by atoms with E-state index in [2.05, 4.69) is 0 Å². The van der Waals surface area contributed by atoms with E-state index in [-0.39, 0.29) is 19.8 Å². The number of hydrogen-bond donors (Lipinski definition) is 4. The van der Waals surface area contributed by atoms with Gasteiger partial charge < -0.3 is 24.9 Å². The summed E-state index contributed by atoms with van der Waals surface area (Å²) >= 11 is 0. The van der Waals surface area contributed by atoms with Gasteiger partial charge >= 0.3 is 0 Å². The highest BCUT2D eigenvalue weighted by atomic mass is 16.3. The van der Waals surface area contributed by atoms with Gasteiger partial charge in [-0.3, -0.25) is 0 Å². The van der Waals surface area contributed by atoms with Gasteiger partial charge in [0.05, 0.1) is 26.2 Å². The van der Waals surface area contributed by atoms with Crippen molar-refractivity contribution in [1.82, 2.24) is 0 Å². The lowest BCUT2D eigenvalue weighted by molar-refractivity contribution is -0.929. The molecule has 0 amide bonds. The Balaban J connectivity index is 3.52. The summed E-state index contributed by atoms with van der Waals surface area (Å²) in [6, 6.07) is 0. The Labute approximate surface area is 206 Å². The number of hydrogen-bond acceptors (Lipinski definition) is 4. The fourth-order valence-corrected chi connectivity index (χ4v) is 5.08. The minimum absolute atomic E-state index is 0.184. The molecule has 0 saturated heterocycles. The molecule has 0 fully saturated rings. The SMILES string of the molecule is OCCCCCCCCCCCCCCCCCCCC[N+](CCO)(CCCO)CCCO. The highest BCUT2D eigenvalue weighted by molar-refractivity contribution is 4.52. The van der Waals surface area contributed by atoms with E-state index < -0.39 is 0 Å². The second-order valence-electron chi connectivity index (χ2n) is 10.2. The first kappa shape index (κ1) is 32.8. The fraction of sp³-hybridized carbons (Fsp3) is 1.00. The monoisotopic (exact) mass is 474 g/mol. The molecule has 0 aliphatic carbocycles. The molecule has 0 radical (unpaired) electrons. The Bertz CT molecular complexity index is 360. The third-order valence-electron chi connectivity index (χ3n) is 7.20. The Hall–Kier alpha value is -0.200. The van der Waals surface area contributed by atoms with Crippen molar-refractivity contribution in [3.05, 3.63) is 0 Å². The predicted octanol–water partition coefficient (Wildman–Crippen LogP) is 5.57. The number of nitrogens with zero attached hydrogens (tertiary/aromatic N) is 1. The van der Waals surface area contributed by atoms with Crippen LogP contribution in [0.25, 0.3) is 0 Å². The van der Waals surface area contributed by atoms with E-state index in [1.54, 1.807) is 0 Å². The maximum Gasteiger partial charge on any atom is 0.102 e. The van der Waals surface area contributed by atoms with Crippen molar-refractivity contribution in [2.45, 2.75) is 128 Å². The fourth-order valence-electron chi connectivity index (χ4n) is 5.08. The van der Waals surface area contributed by atoms with Crippen molar-refractivity contribution in [2.75, 3.05) is 52.6 Å². The molecule has 5 heteroatoms. The lowest BCUT2D eigenvalue weighted by atomic mass is 10.0. The summed E-state index contributed by atoms with van der Waals surface area (Å²) in [7, 11) is 0. The van der Waals surface area contributed by atoms with E-state index in [1.165, 1.54) is 109 Å². The van der Waals surface area contributed by atoms with Crippen molar-refractivity contribution in [1.29, 1.82) is 0 Å². The highest BCUT2D eigenvalue weighted by Gasteiger charge is 2.25. The van der Waals surface area contributed by atoms with E-state index in [4.69, 9.17) is 5.11 Å². The quantitative estimate of drug-likeness (QED) is 0.0882. The first-order valence-corrected chi connectivity index (χ1v) is 14.5. The number of aliphatic hydroxyl groups excluding tert-OH is 4. The molecular formula is C28H60NO4+. The number of rotatable bonds is 28. The normalized spacial score (nSPS) is 12.0. The van der Waals surface area contributed by atoms with Crippen LogP contribution in [0.4, 0.5) is 0 Å². The van der Waals surface area contributed by atoms with Gasteiger partial charge in [0.1, 0.15) is 6.54 Å². The second kappa shape index (κ2) is 26.4. The van der Waals surface area contributed by atoms with Gasteiger partial charge in [0, 0.05) is 32.7 Å². The van der Waals surface area contributed by atoms with Gasteiger partial charge in [-0.15, -0.1) is 0 Å². The van der Waals surface area contributed by atoms with Crippen LogP contribution >= 0.6 is 0 Å². The zero-order valence-corrected chi connectivity index (χ0v) is 22.0. The van der Waals surface area contributed by atoms with Gasteiger partial charge in [-0.05, 0) is 19.3 Å². The molecule has 0 atom stereocenters. The maximum atomic E-state index is 9.51. The molecule has 0 aromatic rings. The van der Waals surface area contributed by atoms with Crippen LogP contribution in [0.15, 0.2) is 0 Å². The zero-order valence-electron chi connectivity index (χ0n) is 22.0. The number of quaternary nitrogens is 1. The van der Waals surface area contributed by atoms with Gasteiger partial charge in [-0.25, -0.2) is 0 Å². The molecule has 0 aromatic heterocycles. The summed E-state index contributed by atoms with van der Waals surface area (Å²) in [5, 5.41) is 36.7. The maximum absolute atomic E-state index is 9.51. The van der Waals surface area contributed by atoms with Crippen molar-refractivity contribution in [3.8, 4) is 0 Å². The van der Waals surface area contributed by atoms with Gasteiger partial charge in [0.2, 0.25) is 0 Å². The summed E-state index contributed by atoms with van der Waals surface area (Å²) in [6.07, 6.45) is 25.4. The standard InChI is InChI=1S/C28H60NO4/c30-25-18-16-14-12-10-8-6-4-2-1-3-5-7-9-11-13-15-17-21-29(24-28-33,22-19-26-31)23-20-27-32/h30-33H,1-28H2/q+1. The number of unbranched alkanes of at least 4 members (excludes halogenated alkanes) is 17. The van der Waals surface area contributed by atoms with E-state index in [0.717, 1.165) is 49.9 Å². The average molecular weight is 475 g/mol. The smallest absolute Gasteiger partial charge is 0.102 e. The summed E-state index contributed by atoms with van der Waals surface area (Å²) in [5.74, 6) is 0. The molecule has 0 heterocycles. The largest absolute Gasteiger partial charge is 0.396 e. The molecule has 33 heavy (non-hydrogen) atoms. The lowest BCUT2D eigenvalue weighted by Crippen LogP contribution is -2.52. The van der Waals surface area contributed by atoms with Gasteiger partial charge in [-0.1, -0.05) is 96.3 Å². The van der Waals surface area contributed by atoms with E-state index in [9.17, 15) is 15.3 Å². The van der Waals surface area contributed by atoms with Crippen molar-refractivity contribution in [3.63, 3.8) is 0 Å². The first-order chi connectivity index (χ1) is 16.2. The van der Waals surface area contributed by atoms with Gasteiger partial charge in [0.25, 0.3) is 0 Å². The third kappa shape index (κ3) is 22.0. The van der Waals surface area contributed by atoms with Gasteiger partial charge in [-0.2, -0.15) is 0 Å². The molecule has 0 spiro atoms. The van der Waals surface area contributed by atoms with Crippen LogP contribution in [0.5, 0.6) is 0 Å². The van der Waals surface area contributed by atoms with E-state index >= 15 is 0 Å². The van der Waals surface area contributed by atoms with E-state index in [0.29, 0.717) is 6.61 Å². The average Bonchev–Trinajstić information content (AvgIpc) is 2.83. The molecule has 4 N–H and O–H groups in total. The minimum Gasteiger partial charge on any atom is -0.396 e. The molecule has 0 aliphatic rings. The molecule has 0 saturated carbocycles. The molecule has 0 aliphatic heterocycles. The second-order valence-corrected chi connectivity index (χ2v) is 10.2. The Morgan fingerprint density at radius 1 is 0.242 bits per heavy atom. The van der Waals surface area contributed by atoms with Crippen LogP contribution in [-0.4, -0.2) is 77.5 Å². The first-order valence-electron chi connectivity index (χ1n) is 14.5. The predicted molar refractivity (Wildman–Crippen MR) is 140 cm³/mol. The summed E-state index contributed by atoms with van der Waals surface area (Å²) < 4.78 is 0.849. The summed E-state index contributed by atoms with van der Waals surface area (Å²) in [6.45, 7) is 4.56. The van der Waals surface area contributed by atoms with Gasteiger partial charge in [0.15, 0.2) is 0 Å². The summed E-state index contributed by atoms with van der Waals surface area (Å²) in [4.78, 5) is 0. The van der Waals surface area contributed by atoms with Crippen LogP contribution in [0, 0.1) is 0 Å². The number of aliphatic hydroxyl groups is 4. The molecule has 0 aromatic carbocycles.